The van der Waals surface area contributed by atoms with Crippen molar-refractivity contribution < 1.29 is 24.2 Å². The number of ether oxygens (including phenoxy) is 2. The van der Waals surface area contributed by atoms with Crippen LogP contribution in [0.3, 0.4) is 0 Å². The molecule has 0 radical (unpaired) electrons. The third-order valence-electron chi connectivity index (χ3n) is 2.58. The van der Waals surface area contributed by atoms with Gasteiger partial charge in [-0.2, -0.15) is 0 Å². The van der Waals surface area contributed by atoms with Crippen LogP contribution in [-0.4, -0.2) is 31.1 Å². The minimum Gasteiger partial charge on any atom is -0.497 e. The topological polar surface area (TPSA) is 72.8 Å². The zero-order valence-electron chi connectivity index (χ0n) is 10.4. The molecule has 0 heterocycles. The normalized spacial score (nSPS) is 9.89. The quantitative estimate of drug-likeness (QED) is 0.747. The molecule has 0 spiro atoms. The molecule has 1 N–H and O–H groups in total. The highest BCUT2D eigenvalue weighted by molar-refractivity contribution is 6.32. The van der Waals surface area contributed by atoms with Crippen molar-refractivity contribution in [1.82, 2.24) is 0 Å². The summed E-state index contributed by atoms with van der Waals surface area (Å²) < 4.78 is 10.3. The zero-order chi connectivity index (χ0) is 13.5. The molecule has 5 nitrogen and oxygen atoms in total. The Bertz CT molecular complexity index is 439. The summed E-state index contributed by atoms with van der Waals surface area (Å²) in [5.74, 6) is -0.770. The number of aliphatic carboxylic acids is 1. The van der Waals surface area contributed by atoms with Crippen LogP contribution >= 0.6 is 0 Å². The molecule has 0 aliphatic rings. The van der Waals surface area contributed by atoms with Crippen LogP contribution in [0.25, 0.3) is 0 Å². The van der Waals surface area contributed by atoms with Crippen LogP contribution in [0.4, 0.5) is 0 Å². The van der Waals surface area contributed by atoms with Gasteiger partial charge in [-0.15, -0.1) is 0 Å². The van der Waals surface area contributed by atoms with Crippen LogP contribution in [0.15, 0.2) is 18.2 Å². The van der Waals surface area contributed by atoms with E-state index in [1.165, 1.54) is 0 Å². The first kappa shape index (κ1) is 14.0. The van der Waals surface area contributed by atoms with Crippen LogP contribution in [0.5, 0.6) is 11.5 Å². The maximum Gasteiger partial charge on any atom is 0.372 e. The molecule has 18 heavy (non-hydrogen) atoms. The number of carbonyl (C=O) groups excluding carboxylic acids is 1. The molecule has 1 aromatic carbocycles. The average molecular weight is 252 g/mol. The third kappa shape index (κ3) is 3.76. The summed E-state index contributed by atoms with van der Waals surface area (Å²) >= 11 is 0. The smallest absolute Gasteiger partial charge is 0.372 e. The fourth-order valence-corrected chi connectivity index (χ4v) is 1.60. The molecule has 98 valence electrons. The summed E-state index contributed by atoms with van der Waals surface area (Å²) in [5, 5.41) is 8.46. The molecule has 0 aromatic heterocycles. The first-order valence-corrected chi connectivity index (χ1v) is 5.55. The molecule has 0 saturated carbocycles. The van der Waals surface area contributed by atoms with Crippen molar-refractivity contribution in [1.29, 1.82) is 0 Å². The van der Waals surface area contributed by atoms with E-state index < -0.39 is 11.8 Å². The molecule has 0 fully saturated rings. The van der Waals surface area contributed by atoms with Gasteiger partial charge in [-0.25, -0.2) is 4.79 Å². The van der Waals surface area contributed by atoms with E-state index in [-0.39, 0.29) is 6.42 Å². The predicted molar refractivity (Wildman–Crippen MR) is 65.1 cm³/mol. The van der Waals surface area contributed by atoms with Crippen LogP contribution in [0.1, 0.15) is 18.4 Å². The maximum absolute atomic E-state index is 10.9. The molecule has 0 bridgehead atoms. The highest BCUT2D eigenvalue weighted by Gasteiger charge is 2.11. The molecule has 5 heteroatoms. The standard InChI is InChI=1S/C13H16O5/c1-17-10-7-6-9(12(8-10)18-2)4-3-5-11(14)13(15)16/h6-8H,3-5H2,1-2H3,(H,15,16). The SMILES string of the molecule is COc1ccc(CCCC(=O)C(=O)O)c(OC)c1. The van der Waals surface area contributed by atoms with E-state index in [1.807, 2.05) is 6.07 Å². The Morgan fingerprint density at radius 2 is 1.94 bits per heavy atom. The average Bonchev–Trinajstić information content (AvgIpc) is 2.38. The van der Waals surface area contributed by atoms with Crippen molar-refractivity contribution in [2.45, 2.75) is 19.3 Å². The minimum atomic E-state index is -1.38. The summed E-state index contributed by atoms with van der Waals surface area (Å²) in [6.45, 7) is 0. The number of hydrogen-bond acceptors (Lipinski definition) is 4. The number of methoxy groups -OCH3 is 2. The highest BCUT2D eigenvalue weighted by atomic mass is 16.5. The second kappa shape index (κ2) is 6.64. The molecule has 0 saturated heterocycles. The van der Waals surface area contributed by atoms with Gasteiger partial charge in [0.2, 0.25) is 5.78 Å². The number of rotatable bonds is 7. The molecule has 0 aliphatic carbocycles. The largest absolute Gasteiger partial charge is 0.497 e. The number of Topliss-reactive ketones (excluding diaryl/α,β-unsaturated/α-hetero) is 1. The molecule has 0 atom stereocenters. The Morgan fingerprint density at radius 3 is 2.50 bits per heavy atom. The van der Waals surface area contributed by atoms with Crippen molar-refractivity contribution in [2.24, 2.45) is 0 Å². The maximum atomic E-state index is 10.9. The van der Waals surface area contributed by atoms with Crippen molar-refractivity contribution in [3.63, 3.8) is 0 Å². The van der Waals surface area contributed by atoms with Gasteiger partial charge in [-0.05, 0) is 24.5 Å². The fraction of sp³-hybridized carbons (Fsp3) is 0.385. The van der Waals surface area contributed by atoms with Gasteiger partial charge in [-0.3, -0.25) is 4.79 Å². The number of ketones is 1. The predicted octanol–water partition coefficient (Wildman–Crippen LogP) is 1.68. The van der Waals surface area contributed by atoms with Gasteiger partial charge in [0, 0.05) is 12.5 Å². The van der Waals surface area contributed by atoms with Crippen molar-refractivity contribution in [3.05, 3.63) is 23.8 Å². The second-order valence-corrected chi connectivity index (χ2v) is 3.76. The van der Waals surface area contributed by atoms with Gasteiger partial charge in [0.05, 0.1) is 14.2 Å². The van der Waals surface area contributed by atoms with E-state index in [4.69, 9.17) is 14.6 Å². The van der Waals surface area contributed by atoms with E-state index in [2.05, 4.69) is 0 Å². The zero-order valence-corrected chi connectivity index (χ0v) is 10.4. The van der Waals surface area contributed by atoms with Gasteiger partial charge in [0.15, 0.2) is 0 Å². The van der Waals surface area contributed by atoms with E-state index in [1.54, 1.807) is 26.4 Å². The lowest BCUT2D eigenvalue weighted by Crippen LogP contribution is -2.12. The Morgan fingerprint density at radius 1 is 1.22 bits per heavy atom. The third-order valence-corrected chi connectivity index (χ3v) is 2.58. The molecule has 1 aromatic rings. The lowest BCUT2D eigenvalue weighted by atomic mass is 10.1. The minimum absolute atomic E-state index is 0.0323. The van der Waals surface area contributed by atoms with E-state index in [0.717, 1.165) is 5.56 Å². The molecule has 1 rings (SSSR count). The Balaban J connectivity index is 2.62. The molecule has 0 unspecified atom stereocenters. The summed E-state index contributed by atoms with van der Waals surface area (Å²) in [5.41, 5.74) is 0.927. The van der Waals surface area contributed by atoms with Gasteiger partial charge >= 0.3 is 5.97 Å². The Labute approximate surface area is 105 Å². The number of carbonyl (C=O) groups is 2. The Hall–Kier alpha value is -2.04. The van der Waals surface area contributed by atoms with E-state index in [9.17, 15) is 9.59 Å². The highest BCUT2D eigenvalue weighted by Crippen LogP contribution is 2.25. The van der Waals surface area contributed by atoms with E-state index in [0.29, 0.717) is 24.3 Å². The second-order valence-electron chi connectivity index (χ2n) is 3.76. The number of hydrogen-bond donors (Lipinski definition) is 1. The van der Waals surface area contributed by atoms with Gasteiger partial charge in [0.1, 0.15) is 11.5 Å². The number of carboxylic acid groups (broad SMARTS) is 1. The first-order valence-electron chi connectivity index (χ1n) is 5.55. The van der Waals surface area contributed by atoms with Gasteiger partial charge in [-0.1, -0.05) is 6.07 Å². The monoisotopic (exact) mass is 252 g/mol. The number of benzene rings is 1. The number of aryl methyl sites for hydroxylation is 1. The van der Waals surface area contributed by atoms with E-state index >= 15 is 0 Å². The van der Waals surface area contributed by atoms with Crippen LogP contribution in [-0.2, 0) is 16.0 Å². The summed E-state index contributed by atoms with van der Waals surface area (Å²) in [6, 6.07) is 5.41. The lowest BCUT2D eigenvalue weighted by molar-refractivity contribution is -0.149. The first-order chi connectivity index (χ1) is 8.58. The van der Waals surface area contributed by atoms with Crippen molar-refractivity contribution >= 4 is 11.8 Å². The van der Waals surface area contributed by atoms with Gasteiger partial charge < -0.3 is 14.6 Å². The molecule has 0 aliphatic heterocycles. The van der Waals surface area contributed by atoms with Crippen molar-refractivity contribution in [2.75, 3.05) is 14.2 Å². The van der Waals surface area contributed by atoms with Crippen LogP contribution in [0.2, 0.25) is 0 Å². The summed E-state index contributed by atoms with van der Waals surface area (Å²) in [6.07, 6.45) is 1.10. The van der Waals surface area contributed by atoms with Gasteiger partial charge in [0.25, 0.3) is 0 Å². The number of carboxylic acids is 1. The Kier molecular flexibility index (Phi) is 5.17. The molecular formula is C13H16O5. The molecular weight excluding hydrogens is 236 g/mol. The summed E-state index contributed by atoms with van der Waals surface area (Å²) in [7, 11) is 3.13. The fourth-order valence-electron chi connectivity index (χ4n) is 1.60. The van der Waals surface area contributed by atoms with Crippen LogP contribution in [0, 0.1) is 0 Å². The van der Waals surface area contributed by atoms with Crippen molar-refractivity contribution in [3.8, 4) is 11.5 Å². The lowest BCUT2D eigenvalue weighted by Gasteiger charge is -2.09. The van der Waals surface area contributed by atoms with Crippen LogP contribution < -0.4 is 9.47 Å². The molecule has 0 amide bonds. The summed E-state index contributed by atoms with van der Waals surface area (Å²) in [4.78, 5) is 21.3.